The zero-order valence-electron chi connectivity index (χ0n) is 13.6. The van der Waals surface area contributed by atoms with Gasteiger partial charge in [0.15, 0.2) is 0 Å². The average molecular weight is 292 g/mol. The molecule has 0 heterocycles. The van der Waals surface area contributed by atoms with Gasteiger partial charge in [0.05, 0.1) is 13.2 Å². The number of amides is 1. The second-order valence-corrected chi connectivity index (χ2v) is 6.34. The lowest BCUT2D eigenvalue weighted by Crippen LogP contribution is -2.36. The summed E-state index contributed by atoms with van der Waals surface area (Å²) in [6.07, 6.45) is 0.964. The van der Waals surface area contributed by atoms with Crippen LogP contribution in [-0.4, -0.2) is 42.2 Å². The first-order valence-electron chi connectivity index (χ1n) is 7.61. The van der Waals surface area contributed by atoms with Crippen LogP contribution in [0.3, 0.4) is 0 Å². The first-order chi connectivity index (χ1) is 9.88. The molecule has 0 saturated heterocycles. The van der Waals surface area contributed by atoms with Gasteiger partial charge in [-0.25, -0.2) is 0 Å². The van der Waals surface area contributed by atoms with E-state index in [9.17, 15) is 4.79 Å². The Morgan fingerprint density at radius 1 is 1.24 bits per heavy atom. The molecule has 1 aromatic carbocycles. The Morgan fingerprint density at radius 2 is 1.90 bits per heavy atom. The van der Waals surface area contributed by atoms with E-state index in [1.165, 1.54) is 0 Å². The fourth-order valence-electron chi connectivity index (χ4n) is 2.37. The van der Waals surface area contributed by atoms with Crippen molar-refractivity contribution in [3.05, 3.63) is 29.8 Å². The van der Waals surface area contributed by atoms with Crippen LogP contribution in [-0.2, 0) is 10.2 Å². The van der Waals surface area contributed by atoms with Gasteiger partial charge in [-0.05, 0) is 30.0 Å². The van der Waals surface area contributed by atoms with Crippen LogP contribution in [0.2, 0.25) is 0 Å². The highest BCUT2D eigenvalue weighted by atomic mass is 16.3. The van der Waals surface area contributed by atoms with Crippen molar-refractivity contribution in [2.75, 3.05) is 31.6 Å². The molecule has 0 aromatic heterocycles. The Morgan fingerprint density at radius 3 is 2.48 bits per heavy atom. The minimum Gasteiger partial charge on any atom is -0.395 e. The number of hydrogen-bond acceptors (Lipinski definition) is 3. The number of nitrogens with zero attached hydrogens (tertiary/aromatic N) is 1. The van der Waals surface area contributed by atoms with Crippen molar-refractivity contribution in [1.29, 1.82) is 0 Å². The Labute approximate surface area is 128 Å². The van der Waals surface area contributed by atoms with E-state index in [-0.39, 0.29) is 17.9 Å². The van der Waals surface area contributed by atoms with Gasteiger partial charge in [0.25, 0.3) is 0 Å². The number of para-hydroxylation sites is 1. The zero-order chi connectivity index (χ0) is 15.9. The van der Waals surface area contributed by atoms with Gasteiger partial charge >= 0.3 is 0 Å². The molecule has 21 heavy (non-hydrogen) atoms. The number of hydrogen-bond donors (Lipinski definition) is 2. The summed E-state index contributed by atoms with van der Waals surface area (Å²) in [5.74, 6) is -0.0337. The van der Waals surface area contributed by atoms with Crippen LogP contribution in [0.15, 0.2) is 24.3 Å². The minimum atomic E-state index is -0.0337. The molecule has 0 aliphatic carbocycles. The highest BCUT2D eigenvalue weighted by molar-refractivity contribution is 5.93. The summed E-state index contributed by atoms with van der Waals surface area (Å²) in [5.41, 5.74) is 1.98. The molecule has 1 rings (SSSR count). The molecule has 4 heteroatoms. The van der Waals surface area contributed by atoms with Gasteiger partial charge in [0, 0.05) is 12.2 Å². The molecule has 0 aliphatic rings. The van der Waals surface area contributed by atoms with E-state index in [0.717, 1.165) is 24.2 Å². The number of nitrogens with one attached hydrogen (secondary N) is 1. The average Bonchev–Trinajstić information content (AvgIpc) is 2.38. The fraction of sp³-hybridized carbons (Fsp3) is 0.588. The molecule has 1 amide bonds. The maximum atomic E-state index is 12.2. The number of carbonyl (C=O) groups is 1. The number of anilines is 1. The molecule has 2 N–H and O–H groups in total. The zero-order valence-corrected chi connectivity index (χ0v) is 13.6. The highest BCUT2D eigenvalue weighted by Gasteiger charge is 2.19. The van der Waals surface area contributed by atoms with E-state index in [0.29, 0.717) is 13.1 Å². The quantitative estimate of drug-likeness (QED) is 0.812. The molecule has 0 fully saturated rings. The molecular weight excluding hydrogens is 264 g/mol. The Bertz CT molecular complexity index is 446. The summed E-state index contributed by atoms with van der Waals surface area (Å²) in [6.45, 7) is 10.2. The number of benzene rings is 1. The summed E-state index contributed by atoms with van der Waals surface area (Å²) >= 11 is 0. The van der Waals surface area contributed by atoms with E-state index in [1.807, 2.05) is 29.2 Å². The molecule has 0 aliphatic heterocycles. The van der Waals surface area contributed by atoms with Crippen molar-refractivity contribution in [2.24, 2.45) is 0 Å². The van der Waals surface area contributed by atoms with Crippen LogP contribution in [0.1, 0.15) is 39.7 Å². The smallest absolute Gasteiger partial charge is 0.238 e. The molecule has 0 bridgehead atoms. The maximum absolute atomic E-state index is 12.2. The third kappa shape index (κ3) is 5.86. The van der Waals surface area contributed by atoms with Crippen LogP contribution in [0, 0.1) is 0 Å². The Balaban J connectivity index is 2.75. The number of carbonyl (C=O) groups excluding carboxylic acids is 1. The molecule has 118 valence electrons. The summed E-state index contributed by atoms with van der Waals surface area (Å²) in [4.78, 5) is 14.2. The van der Waals surface area contributed by atoms with Crippen molar-refractivity contribution in [1.82, 2.24) is 4.90 Å². The second-order valence-electron chi connectivity index (χ2n) is 6.34. The normalized spacial score (nSPS) is 11.7. The van der Waals surface area contributed by atoms with E-state index < -0.39 is 0 Å². The maximum Gasteiger partial charge on any atom is 0.238 e. The van der Waals surface area contributed by atoms with Gasteiger partial charge in [-0.1, -0.05) is 45.9 Å². The first kappa shape index (κ1) is 17.7. The van der Waals surface area contributed by atoms with Crippen LogP contribution >= 0.6 is 0 Å². The number of aliphatic hydroxyl groups excluding tert-OH is 1. The fourth-order valence-corrected chi connectivity index (χ4v) is 2.37. The molecule has 0 atom stereocenters. The third-order valence-corrected chi connectivity index (χ3v) is 3.33. The van der Waals surface area contributed by atoms with Crippen LogP contribution in [0.4, 0.5) is 5.69 Å². The monoisotopic (exact) mass is 292 g/mol. The predicted molar refractivity (Wildman–Crippen MR) is 87.6 cm³/mol. The summed E-state index contributed by atoms with van der Waals surface area (Å²) in [7, 11) is 0. The van der Waals surface area contributed by atoms with Gasteiger partial charge in [0.1, 0.15) is 0 Å². The predicted octanol–water partition coefficient (Wildman–Crippen LogP) is 2.63. The van der Waals surface area contributed by atoms with Crippen molar-refractivity contribution < 1.29 is 9.90 Å². The van der Waals surface area contributed by atoms with Gasteiger partial charge < -0.3 is 10.4 Å². The number of aliphatic hydroxyl groups is 1. The summed E-state index contributed by atoms with van der Waals surface area (Å²) in [5, 5.41) is 12.0. The molecule has 0 saturated carbocycles. The van der Waals surface area contributed by atoms with Crippen LogP contribution < -0.4 is 5.32 Å². The van der Waals surface area contributed by atoms with Gasteiger partial charge in [0.2, 0.25) is 5.91 Å². The van der Waals surface area contributed by atoms with E-state index in [4.69, 9.17) is 5.11 Å². The molecule has 0 spiro atoms. The van der Waals surface area contributed by atoms with Gasteiger partial charge in [-0.15, -0.1) is 0 Å². The van der Waals surface area contributed by atoms with Crippen molar-refractivity contribution >= 4 is 11.6 Å². The molecule has 1 aromatic rings. The SMILES string of the molecule is CCCN(CCO)CC(=O)Nc1ccccc1C(C)(C)C. The Kier molecular flexibility index (Phi) is 6.85. The van der Waals surface area contributed by atoms with Gasteiger partial charge in [-0.3, -0.25) is 9.69 Å². The Hall–Kier alpha value is -1.39. The minimum absolute atomic E-state index is 0.0158. The largest absolute Gasteiger partial charge is 0.395 e. The second kappa shape index (κ2) is 8.15. The lowest BCUT2D eigenvalue weighted by molar-refractivity contribution is -0.117. The first-order valence-corrected chi connectivity index (χ1v) is 7.61. The van der Waals surface area contributed by atoms with Crippen molar-refractivity contribution in [3.63, 3.8) is 0 Å². The highest BCUT2D eigenvalue weighted by Crippen LogP contribution is 2.29. The van der Waals surface area contributed by atoms with E-state index >= 15 is 0 Å². The van der Waals surface area contributed by atoms with E-state index in [1.54, 1.807) is 0 Å². The summed E-state index contributed by atoms with van der Waals surface area (Å²) < 4.78 is 0. The van der Waals surface area contributed by atoms with Crippen molar-refractivity contribution in [2.45, 2.75) is 39.5 Å². The van der Waals surface area contributed by atoms with Gasteiger partial charge in [-0.2, -0.15) is 0 Å². The van der Waals surface area contributed by atoms with Crippen molar-refractivity contribution in [3.8, 4) is 0 Å². The molecule has 0 radical (unpaired) electrons. The third-order valence-electron chi connectivity index (χ3n) is 3.33. The van der Waals surface area contributed by atoms with Crippen LogP contribution in [0.5, 0.6) is 0 Å². The lowest BCUT2D eigenvalue weighted by Gasteiger charge is -2.24. The topological polar surface area (TPSA) is 52.6 Å². The lowest BCUT2D eigenvalue weighted by atomic mass is 9.86. The summed E-state index contributed by atoms with van der Waals surface area (Å²) in [6, 6.07) is 7.91. The molecule has 0 unspecified atom stereocenters. The standard InChI is InChI=1S/C17H28N2O2/c1-5-10-19(11-12-20)13-16(21)18-15-9-7-6-8-14(15)17(2,3)4/h6-9,20H,5,10-13H2,1-4H3,(H,18,21). The molecular formula is C17H28N2O2. The number of rotatable bonds is 7. The van der Waals surface area contributed by atoms with E-state index in [2.05, 4.69) is 33.0 Å². The van der Waals surface area contributed by atoms with Crippen LogP contribution in [0.25, 0.3) is 0 Å². The molecule has 4 nitrogen and oxygen atoms in total.